The van der Waals surface area contributed by atoms with Gasteiger partial charge in [-0.1, -0.05) is 49.4 Å². The van der Waals surface area contributed by atoms with Crippen molar-refractivity contribution in [1.82, 2.24) is 9.62 Å². The molecule has 0 aromatic heterocycles. The molecule has 1 amide bonds. The van der Waals surface area contributed by atoms with E-state index >= 15 is 0 Å². The van der Waals surface area contributed by atoms with Crippen LogP contribution in [0.2, 0.25) is 5.02 Å². The number of rotatable bonds is 6. The highest BCUT2D eigenvalue weighted by atomic mass is 35.5. The van der Waals surface area contributed by atoms with Gasteiger partial charge in [-0.2, -0.15) is 0 Å². The first-order chi connectivity index (χ1) is 14.3. The number of nitrogens with one attached hydrogen (secondary N) is 1. The number of hydrogen-bond acceptors (Lipinski definition) is 4. The third kappa shape index (κ3) is 4.38. The number of aliphatic hydroxyl groups is 1. The normalized spacial score (nSPS) is 27.8. The van der Waals surface area contributed by atoms with E-state index in [0.29, 0.717) is 23.7 Å². The van der Waals surface area contributed by atoms with Crippen LogP contribution in [0.5, 0.6) is 0 Å². The minimum atomic E-state index is -0.418. The number of aryl methyl sites for hydroxylation is 1. The molecule has 2 N–H and O–H groups in total. The first-order valence-corrected chi connectivity index (χ1v) is 12.3. The largest absolute Gasteiger partial charge is 0.392 e. The van der Waals surface area contributed by atoms with Crippen LogP contribution in [0.3, 0.4) is 0 Å². The van der Waals surface area contributed by atoms with Crippen molar-refractivity contribution < 1.29 is 14.3 Å². The Labute approximate surface area is 188 Å². The van der Waals surface area contributed by atoms with Gasteiger partial charge in [0, 0.05) is 23.9 Å². The highest BCUT2D eigenvalue weighted by Crippen LogP contribution is 2.49. The molecule has 0 spiro atoms. The molecule has 1 aliphatic heterocycles. The minimum Gasteiger partial charge on any atom is -0.392 e. The second-order valence-corrected chi connectivity index (χ2v) is 11.3. The van der Waals surface area contributed by atoms with Crippen LogP contribution < -0.4 is 5.32 Å². The van der Waals surface area contributed by atoms with Crippen LogP contribution in [0.4, 0.5) is 4.39 Å². The zero-order valence-corrected chi connectivity index (χ0v) is 19.4. The van der Waals surface area contributed by atoms with Crippen molar-refractivity contribution in [1.29, 1.82) is 0 Å². The summed E-state index contributed by atoms with van der Waals surface area (Å²) in [5.41, 5.74) is 1.07. The Kier molecular flexibility index (Phi) is 6.69. The molecule has 166 valence electrons. The third-order valence-corrected chi connectivity index (χ3v) is 9.18. The summed E-state index contributed by atoms with van der Waals surface area (Å²) >= 11 is 8.24. The lowest BCUT2D eigenvalue weighted by Crippen LogP contribution is -2.53. The fourth-order valence-corrected chi connectivity index (χ4v) is 6.91. The Morgan fingerprint density at radius 3 is 2.63 bits per heavy atom. The summed E-state index contributed by atoms with van der Waals surface area (Å²) in [5, 5.41) is 13.9. The number of carbonyl (C=O) groups is 1. The van der Waals surface area contributed by atoms with Crippen molar-refractivity contribution in [2.24, 2.45) is 11.3 Å². The van der Waals surface area contributed by atoms with Gasteiger partial charge in [0.05, 0.1) is 23.1 Å². The quantitative estimate of drug-likeness (QED) is 0.592. The van der Waals surface area contributed by atoms with Gasteiger partial charge in [0.25, 0.3) is 0 Å². The Morgan fingerprint density at radius 1 is 1.30 bits per heavy atom. The maximum Gasteiger partial charge on any atom is 0.226 e. The van der Waals surface area contributed by atoms with Crippen LogP contribution in [0.1, 0.15) is 69.0 Å². The standard InChI is InChI=1S/C23H32ClFN2O2S/c1-14-8-9-16(25)19(20(14)24)21(23(2)10-3-4-11-23)26-22(29)15-12-27(13-15)30-18-7-5-6-17(18)28/h8-9,15,17-18,21,28H,3-7,10-13H2,1-2H3,(H,26,29). The lowest BCUT2D eigenvalue weighted by atomic mass is 9.76. The van der Waals surface area contributed by atoms with Crippen LogP contribution in [-0.2, 0) is 4.79 Å². The van der Waals surface area contributed by atoms with Gasteiger partial charge in [0.2, 0.25) is 5.91 Å². The molecule has 4 rings (SSSR count). The molecule has 3 fully saturated rings. The topological polar surface area (TPSA) is 52.6 Å². The number of halogens is 2. The second kappa shape index (κ2) is 8.97. The summed E-state index contributed by atoms with van der Waals surface area (Å²) in [6.45, 7) is 5.37. The summed E-state index contributed by atoms with van der Waals surface area (Å²) in [6, 6.07) is 2.73. The molecule has 2 saturated carbocycles. The van der Waals surface area contributed by atoms with E-state index < -0.39 is 6.04 Å². The Bertz CT molecular complexity index is 796. The van der Waals surface area contributed by atoms with Crippen molar-refractivity contribution in [3.05, 3.63) is 34.1 Å². The molecule has 3 unspecified atom stereocenters. The zero-order chi connectivity index (χ0) is 21.5. The summed E-state index contributed by atoms with van der Waals surface area (Å²) in [4.78, 5) is 13.1. The molecule has 4 nitrogen and oxygen atoms in total. The number of aliphatic hydroxyl groups excluding tert-OH is 1. The molecule has 1 saturated heterocycles. The van der Waals surface area contributed by atoms with Gasteiger partial charge in [0.1, 0.15) is 5.82 Å². The predicted molar refractivity (Wildman–Crippen MR) is 120 cm³/mol. The maximum atomic E-state index is 14.9. The summed E-state index contributed by atoms with van der Waals surface area (Å²) in [6.07, 6.45) is 6.82. The monoisotopic (exact) mass is 454 g/mol. The molecule has 1 aromatic rings. The lowest BCUT2D eigenvalue weighted by Gasteiger charge is -2.42. The van der Waals surface area contributed by atoms with Crippen molar-refractivity contribution in [2.75, 3.05) is 13.1 Å². The van der Waals surface area contributed by atoms with Gasteiger partial charge < -0.3 is 10.4 Å². The maximum absolute atomic E-state index is 14.9. The van der Waals surface area contributed by atoms with Gasteiger partial charge in [-0.25, -0.2) is 8.70 Å². The average Bonchev–Trinajstić information content (AvgIpc) is 3.29. The molecular formula is C23H32ClFN2O2S. The minimum absolute atomic E-state index is 0.0195. The fraction of sp³-hybridized carbons (Fsp3) is 0.696. The SMILES string of the molecule is Cc1ccc(F)c(C(NC(=O)C2CN(SC3CCCC3O)C2)C2(C)CCCC2)c1Cl. The molecule has 30 heavy (non-hydrogen) atoms. The van der Waals surface area contributed by atoms with E-state index in [4.69, 9.17) is 11.6 Å². The first-order valence-electron chi connectivity index (χ1n) is 11.1. The van der Waals surface area contributed by atoms with E-state index in [0.717, 1.165) is 50.5 Å². The molecule has 3 atom stereocenters. The molecule has 3 aliphatic rings. The lowest BCUT2D eigenvalue weighted by molar-refractivity contribution is -0.129. The van der Waals surface area contributed by atoms with Crippen LogP contribution >= 0.6 is 23.5 Å². The van der Waals surface area contributed by atoms with E-state index in [1.807, 2.05) is 6.92 Å². The molecule has 0 radical (unpaired) electrons. The van der Waals surface area contributed by atoms with Gasteiger partial charge in [-0.3, -0.25) is 4.79 Å². The van der Waals surface area contributed by atoms with Crippen LogP contribution in [0, 0.1) is 24.1 Å². The molecular weight excluding hydrogens is 423 g/mol. The van der Waals surface area contributed by atoms with E-state index in [9.17, 15) is 14.3 Å². The summed E-state index contributed by atoms with van der Waals surface area (Å²) in [5.74, 6) is -0.464. The Balaban J connectivity index is 1.46. The van der Waals surface area contributed by atoms with Gasteiger partial charge in [-0.15, -0.1) is 0 Å². The molecule has 0 bridgehead atoms. The zero-order valence-electron chi connectivity index (χ0n) is 17.8. The van der Waals surface area contributed by atoms with E-state index in [1.165, 1.54) is 6.07 Å². The third-order valence-electron chi connectivity index (χ3n) is 7.26. The average molecular weight is 455 g/mol. The van der Waals surface area contributed by atoms with Crippen LogP contribution in [0.15, 0.2) is 12.1 Å². The number of benzene rings is 1. The van der Waals surface area contributed by atoms with Crippen LogP contribution in [0.25, 0.3) is 0 Å². The highest BCUT2D eigenvalue weighted by Gasteiger charge is 2.44. The Hall–Kier alpha value is -0.820. The molecule has 1 heterocycles. The predicted octanol–water partition coefficient (Wildman–Crippen LogP) is 5.02. The van der Waals surface area contributed by atoms with Crippen molar-refractivity contribution >= 4 is 29.5 Å². The number of nitrogens with zero attached hydrogens (tertiary/aromatic N) is 1. The van der Waals surface area contributed by atoms with Crippen molar-refractivity contribution in [2.45, 2.75) is 76.2 Å². The van der Waals surface area contributed by atoms with Gasteiger partial charge >= 0.3 is 0 Å². The number of amides is 1. The van der Waals surface area contributed by atoms with Crippen molar-refractivity contribution in [3.63, 3.8) is 0 Å². The summed E-state index contributed by atoms with van der Waals surface area (Å²) in [7, 11) is 0. The Morgan fingerprint density at radius 2 is 2.00 bits per heavy atom. The smallest absolute Gasteiger partial charge is 0.226 e. The van der Waals surface area contributed by atoms with Crippen molar-refractivity contribution in [3.8, 4) is 0 Å². The summed E-state index contributed by atoms with van der Waals surface area (Å²) < 4.78 is 17.1. The molecule has 2 aliphatic carbocycles. The molecule has 1 aromatic carbocycles. The highest BCUT2D eigenvalue weighted by molar-refractivity contribution is 7.97. The second-order valence-electron chi connectivity index (χ2n) is 9.58. The van der Waals surface area contributed by atoms with E-state index in [-0.39, 0.29) is 34.4 Å². The molecule has 7 heteroatoms. The van der Waals surface area contributed by atoms with Gasteiger partial charge in [0.15, 0.2) is 0 Å². The number of hydrogen-bond donors (Lipinski definition) is 2. The number of carbonyl (C=O) groups excluding carboxylic acids is 1. The van der Waals surface area contributed by atoms with E-state index in [1.54, 1.807) is 18.0 Å². The van der Waals surface area contributed by atoms with Gasteiger partial charge in [-0.05, 0) is 56.1 Å². The first kappa shape index (κ1) is 22.4. The van der Waals surface area contributed by atoms with Crippen LogP contribution in [-0.4, -0.2) is 39.8 Å². The fourth-order valence-electron chi connectivity index (χ4n) is 5.18. The van der Waals surface area contributed by atoms with E-state index in [2.05, 4.69) is 16.5 Å².